The maximum atomic E-state index is 11.3. The number of benzene rings is 1. The summed E-state index contributed by atoms with van der Waals surface area (Å²) in [5.74, 6) is -0.0474. The van der Waals surface area contributed by atoms with Gasteiger partial charge in [-0.3, -0.25) is 0 Å². The van der Waals surface area contributed by atoms with E-state index in [9.17, 15) is 4.79 Å². The number of hydrogen-bond donors (Lipinski definition) is 2. The average Bonchev–Trinajstić information content (AvgIpc) is 2.74. The van der Waals surface area contributed by atoms with Gasteiger partial charge in [0.1, 0.15) is 0 Å². The van der Waals surface area contributed by atoms with Crippen molar-refractivity contribution in [3.63, 3.8) is 0 Å². The highest BCUT2D eigenvalue weighted by Gasteiger charge is 2.27. The van der Waals surface area contributed by atoms with Crippen molar-refractivity contribution in [2.24, 2.45) is 0 Å². The van der Waals surface area contributed by atoms with Crippen molar-refractivity contribution in [1.29, 1.82) is 0 Å². The zero-order chi connectivity index (χ0) is 11.7. The molecule has 6 nitrogen and oxygen atoms in total. The van der Waals surface area contributed by atoms with Crippen molar-refractivity contribution < 1.29 is 29.1 Å². The fourth-order valence-corrected chi connectivity index (χ4v) is 1.46. The molecule has 1 aromatic rings. The van der Waals surface area contributed by atoms with Crippen LogP contribution < -0.4 is 14.9 Å². The van der Waals surface area contributed by atoms with Gasteiger partial charge >= 0.3 is 13.1 Å². The summed E-state index contributed by atoms with van der Waals surface area (Å²) in [6.07, 6.45) is 0. The van der Waals surface area contributed by atoms with Crippen LogP contribution in [0.2, 0.25) is 0 Å². The van der Waals surface area contributed by atoms with E-state index in [4.69, 9.17) is 19.5 Å². The normalized spacial score (nSPS) is 12.4. The van der Waals surface area contributed by atoms with Gasteiger partial charge in [-0.15, -0.1) is 0 Å². The number of fused-ring (bicyclic) bond motifs is 1. The zero-order valence-corrected chi connectivity index (χ0v) is 8.47. The highest BCUT2D eigenvalue weighted by molar-refractivity contribution is 6.60. The molecule has 0 spiro atoms. The highest BCUT2D eigenvalue weighted by atomic mass is 16.7. The van der Waals surface area contributed by atoms with Gasteiger partial charge in [0.2, 0.25) is 6.79 Å². The smallest absolute Gasteiger partial charge is 0.465 e. The van der Waals surface area contributed by atoms with Crippen LogP contribution in [0.15, 0.2) is 12.1 Å². The SMILES string of the molecule is COC(=O)c1cc2c(c(B(O)O)c1)OCO2. The Bertz CT molecular complexity index is 430. The van der Waals surface area contributed by atoms with E-state index in [1.54, 1.807) is 0 Å². The Morgan fingerprint density at radius 3 is 2.81 bits per heavy atom. The minimum absolute atomic E-state index is 0.0142. The molecule has 0 saturated heterocycles. The van der Waals surface area contributed by atoms with Crippen molar-refractivity contribution in [3.05, 3.63) is 17.7 Å². The van der Waals surface area contributed by atoms with Crippen LogP contribution >= 0.6 is 0 Å². The zero-order valence-electron chi connectivity index (χ0n) is 8.47. The van der Waals surface area contributed by atoms with E-state index in [0.29, 0.717) is 5.75 Å². The molecule has 0 radical (unpaired) electrons. The molecule has 1 aromatic carbocycles. The molecule has 16 heavy (non-hydrogen) atoms. The molecule has 0 amide bonds. The number of carbonyl (C=O) groups excluding carboxylic acids is 1. The van der Waals surface area contributed by atoms with Gasteiger partial charge in [0.05, 0.1) is 12.7 Å². The Morgan fingerprint density at radius 1 is 1.44 bits per heavy atom. The Labute approximate surface area is 91.5 Å². The summed E-state index contributed by atoms with van der Waals surface area (Å²) >= 11 is 0. The predicted octanol–water partition coefficient (Wildman–Crippen LogP) is -1.12. The van der Waals surface area contributed by atoms with Gasteiger partial charge in [-0.25, -0.2) is 4.79 Å². The van der Waals surface area contributed by atoms with Crippen LogP contribution in [-0.2, 0) is 4.74 Å². The summed E-state index contributed by atoms with van der Waals surface area (Å²) in [6.45, 7) is -0.0142. The summed E-state index contributed by atoms with van der Waals surface area (Å²) in [7, 11) is -0.498. The topological polar surface area (TPSA) is 85.2 Å². The third-order valence-corrected chi connectivity index (χ3v) is 2.20. The van der Waals surface area contributed by atoms with Crippen LogP contribution in [0.1, 0.15) is 10.4 Å². The number of rotatable bonds is 2. The van der Waals surface area contributed by atoms with Gasteiger partial charge < -0.3 is 24.3 Å². The van der Waals surface area contributed by atoms with E-state index in [2.05, 4.69) is 4.74 Å². The average molecular weight is 224 g/mol. The van der Waals surface area contributed by atoms with Crippen LogP contribution in [-0.4, -0.2) is 37.0 Å². The molecule has 0 fully saturated rings. The van der Waals surface area contributed by atoms with Crippen LogP contribution in [0.3, 0.4) is 0 Å². The van der Waals surface area contributed by atoms with E-state index in [0.717, 1.165) is 0 Å². The van der Waals surface area contributed by atoms with Crippen molar-refractivity contribution in [2.45, 2.75) is 0 Å². The predicted molar refractivity (Wildman–Crippen MR) is 53.7 cm³/mol. The van der Waals surface area contributed by atoms with E-state index in [1.165, 1.54) is 19.2 Å². The quantitative estimate of drug-likeness (QED) is 0.489. The Hall–Kier alpha value is -1.73. The van der Waals surface area contributed by atoms with Crippen molar-refractivity contribution in [2.75, 3.05) is 13.9 Å². The lowest BCUT2D eigenvalue weighted by Gasteiger charge is -2.07. The first-order valence-electron chi connectivity index (χ1n) is 4.51. The third kappa shape index (κ3) is 1.70. The van der Waals surface area contributed by atoms with Crippen LogP contribution in [0.4, 0.5) is 0 Å². The lowest BCUT2D eigenvalue weighted by atomic mass is 9.78. The Balaban J connectivity index is 2.52. The minimum Gasteiger partial charge on any atom is -0.465 e. The standard InChI is InChI=1S/C9H9BO6/c1-14-9(11)5-2-6(10(12)13)8-7(3-5)15-4-16-8/h2-3,12-13H,4H2,1H3. The van der Waals surface area contributed by atoms with E-state index in [-0.39, 0.29) is 23.6 Å². The third-order valence-electron chi connectivity index (χ3n) is 2.20. The Kier molecular flexibility index (Phi) is 2.72. The molecule has 7 heteroatoms. The van der Waals surface area contributed by atoms with Crippen LogP contribution in [0, 0.1) is 0 Å². The first-order valence-corrected chi connectivity index (χ1v) is 4.51. The molecular weight excluding hydrogens is 215 g/mol. The molecule has 0 unspecified atom stereocenters. The largest absolute Gasteiger partial charge is 0.492 e. The molecule has 1 heterocycles. The summed E-state index contributed by atoms with van der Waals surface area (Å²) < 4.78 is 14.7. The molecule has 2 N–H and O–H groups in total. The summed E-state index contributed by atoms with van der Waals surface area (Å²) in [6, 6.07) is 2.73. The molecule has 2 rings (SSSR count). The molecule has 0 aliphatic carbocycles. The lowest BCUT2D eigenvalue weighted by Crippen LogP contribution is -2.31. The van der Waals surface area contributed by atoms with Crippen LogP contribution in [0.5, 0.6) is 11.5 Å². The van der Waals surface area contributed by atoms with Gasteiger partial charge in [-0.1, -0.05) is 0 Å². The first-order chi connectivity index (χ1) is 7.63. The van der Waals surface area contributed by atoms with Gasteiger partial charge in [0.15, 0.2) is 11.5 Å². The monoisotopic (exact) mass is 224 g/mol. The van der Waals surface area contributed by atoms with Gasteiger partial charge in [0, 0.05) is 5.46 Å². The molecule has 0 saturated carbocycles. The maximum Gasteiger partial charge on any atom is 0.492 e. The number of hydrogen-bond acceptors (Lipinski definition) is 6. The second-order valence-corrected chi connectivity index (χ2v) is 3.16. The molecule has 1 aliphatic rings. The van der Waals surface area contributed by atoms with Crippen molar-refractivity contribution in [3.8, 4) is 11.5 Å². The second kappa shape index (κ2) is 4.03. The highest BCUT2D eigenvalue weighted by Crippen LogP contribution is 2.31. The molecule has 1 aliphatic heterocycles. The van der Waals surface area contributed by atoms with Gasteiger partial charge in [0.25, 0.3) is 0 Å². The Morgan fingerprint density at radius 2 is 2.19 bits per heavy atom. The molecule has 0 atom stereocenters. The molecular formula is C9H9BO6. The number of carbonyl (C=O) groups is 1. The van der Waals surface area contributed by atoms with E-state index >= 15 is 0 Å². The van der Waals surface area contributed by atoms with Crippen molar-refractivity contribution in [1.82, 2.24) is 0 Å². The summed E-state index contributed by atoms with van der Waals surface area (Å²) in [5.41, 5.74) is 0.255. The van der Waals surface area contributed by atoms with Gasteiger partial charge in [-0.05, 0) is 12.1 Å². The van der Waals surface area contributed by atoms with E-state index in [1.807, 2.05) is 0 Å². The molecule has 84 valence electrons. The van der Waals surface area contributed by atoms with Gasteiger partial charge in [-0.2, -0.15) is 0 Å². The fourth-order valence-electron chi connectivity index (χ4n) is 1.46. The lowest BCUT2D eigenvalue weighted by molar-refractivity contribution is 0.0600. The van der Waals surface area contributed by atoms with Crippen LogP contribution in [0.25, 0.3) is 0 Å². The molecule has 0 aromatic heterocycles. The number of ether oxygens (including phenoxy) is 3. The number of methoxy groups -OCH3 is 1. The summed E-state index contributed by atoms with van der Waals surface area (Å²) in [4.78, 5) is 11.3. The minimum atomic E-state index is -1.74. The first kappa shape index (κ1) is 10.8. The fraction of sp³-hybridized carbons (Fsp3) is 0.222. The number of esters is 1. The van der Waals surface area contributed by atoms with Crippen molar-refractivity contribution >= 4 is 18.6 Å². The summed E-state index contributed by atoms with van der Waals surface area (Å²) in [5, 5.41) is 18.3. The second-order valence-electron chi connectivity index (χ2n) is 3.16. The van der Waals surface area contributed by atoms with E-state index < -0.39 is 13.1 Å². The maximum absolute atomic E-state index is 11.3. The molecule has 0 bridgehead atoms.